The van der Waals surface area contributed by atoms with Crippen LogP contribution in [0.3, 0.4) is 0 Å². The first-order valence-electron chi connectivity index (χ1n) is 9.63. The molecule has 3 rings (SSSR count). The molecule has 3 aromatic carbocycles. The second-order valence-corrected chi connectivity index (χ2v) is 6.32. The Balaban J connectivity index is 0.000000245. The highest BCUT2D eigenvalue weighted by Gasteiger charge is 2.01. The Hall–Kier alpha value is -4.09. The van der Waals surface area contributed by atoms with E-state index in [0.717, 1.165) is 30.6 Å². The summed E-state index contributed by atoms with van der Waals surface area (Å²) in [7, 11) is 1.42. The number of benzene rings is 3. The quantitative estimate of drug-likeness (QED) is 0.414. The van der Waals surface area contributed by atoms with E-state index >= 15 is 0 Å². The molecule has 5 heteroatoms. The summed E-state index contributed by atoms with van der Waals surface area (Å²) < 4.78 is 23.6. The highest BCUT2D eigenvalue weighted by molar-refractivity contribution is 5.74. The van der Waals surface area contributed by atoms with Crippen molar-refractivity contribution in [3.05, 3.63) is 94.8 Å². The van der Waals surface area contributed by atoms with Crippen molar-refractivity contribution < 1.29 is 18.7 Å². The first-order valence-corrected chi connectivity index (χ1v) is 9.63. The highest BCUT2D eigenvalue weighted by Crippen LogP contribution is 2.17. The van der Waals surface area contributed by atoms with Gasteiger partial charge < -0.3 is 9.47 Å². The molecule has 0 aliphatic heterocycles. The van der Waals surface area contributed by atoms with Gasteiger partial charge in [0.2, 0.25) is 0 Å². The zero-order valence-electron chi connectivity index (χ0n) is 17.4. The van der Waals surface area contributed by atoms with E-state index in [1.807, 2.05) is 6.07 Å². The predicted molar refractivity (Wildman–Crippen MR) is 118 cm³/mol. The van der Waals surface area contributed by atoms with Gasteiger partial charge >= 0.3 is 0 Å². The van der Waals surface area contributed by atoms with Gasteiger partial charge in [-0.05, 0) is 73.2 Å². The van der Waals surface area contributed by atoms with Crippen LogP contribution in [-0.2, 0) is 0 Å². The first kappa shape index (κ1) is 23.2. The van der Waals surface area contributed by atoms with E-state index in [9.17, 15) is 9.18 Å². The van der Waals surface area contributed by atoms with Gasteiger partial charge in [0, 0.05) is 16.7 Å². The molecule has 0 amide bonds. The lowest BCUT2D eigenvalue weighted by atomic mass is 10.1. The molecule has 31 heavy (non-hydrogen) atoms. The molecule has 0 atom stereocenters. The highest BCUT2D eigenvalue weighted by atomic mass is 19.1. The van der Waals surface area contributed by atoms with E-state index in [1.54, 1.807) is 54.6 Å². The third kappa shape index (κ3) is 7.68. The Morgan fingerprint density at radius 2 is 1.55 bits per heavy atom. The Bertz CT molecular complexity index is 1090. The average molecular weight is 415 g/mol. The summed E-state index contributed by atoms with van der Waals surface area (Å²) in [5, 5.41) is 8.68. The van der Waals surface area contributed by atoms with Crippen LogP contribution in [0.5, 0.6) is 11.5 Å². The number of nitriles is 1. The molecule has 0 unspecified atom stereocenters. The molecule has 0 bridgehead atoms. The minimum absolute atomic E-state index is 0.198. The molecule has 4 nitrogen and oxygen atoms in total. The zero-order valence-corrected chi connectivity index (χ0v) is 17.4. The molecule has 0 saturated heterocycles. The van der Waals surface area contributed by atoms with Gasteiger partial charge in [-0.2, -0.15) is 5.26 Å². The summed E-state index contributed by atoms with van der Waals surface area (Å²) in [6, 6.07) is 20.6. The van der Waals surface area contributed by atoms with Gasteiger partial charge in [-0.25, -0.2) is 4.39 Å². The number of carbonyl (C=O) groups is 1. The normalized spacial score (nSPS) is 9.23. The van der Waals surface area contributed by atoms with E-state index in [-0.39, 0.29) is 5.75 Å². The average Bonchev–Trinajstić information content (AvgIpc) is 2.82. The lowest BCUT2D eigenvalue weighted by molar-refractivity contribution is 0.112. The third-order valence-electron chi connectivity index (χ3n) is 4.01. The molecule has 156 valence electrons. The molecule has 0 aliphatic carbocycles. The van der Waals surface area contributed by atoms with Crippen LogP contribution in [0.4, 0.5) is 4.39 Å². The largest absolute Gasteiger partial charge is 0.494 e. The van der Waals surface area contributed by atoms with Crippen LogP contribution in [0.15, 0.2) is 66.7 Å². The van der Waals surface area contributed by atoms with Crippen LogP contribution in [0.2, 0.25) is 0 Å². The van der Waals surface area contributed by atoms with Crippen LogP contribution in [-0.4, -0.2) is 20.0 Å². The number of rotatable bonds is 5. The minimum Gasteiger partial charge on any atom is -0.494 e. The number of halogens is 1. The Morgan fingerprint density at radius 3 is 2.10 bits per heavy atom. The van der Waals surface area contributed by atoms with Crippen molar-refractivity contribution in [1.82, 2.24) is 0 Å². The summed E-state index contributed by atoms with van der Waals surface area (Å²) >= 11 is 0. The second kappa shape index (κ2) is 12.5. The van der Waals surface area contributed by atoms with E-state index < -0.39 is 5.82 Å². The monoisotopic (exact) mass is 415 g/mol. The van der Waals surface area contributed by atoms with Gasteiger partial charge in [-0.1, -0.05) is 18.8 Å². The number of carbonyl (C=O) groups excluding carboxylic acids is 1. The van der Waals surface area contributed by atoms with E-state index in [4.69, 9.17) is 14.7 Å². The molecular weight excluding hydrogens is 393 g/mol. The molecule has 0 saturated carbocycles. The summed E-state index contributed by atoms with van der Waals surface area (Å²) in [5.41, 5.74) is 2.61. The van der Waals surface area contributed by atoms with Crippen LogP contribution in [0, 0.1) is 29.0 Å². The Labute approximate surface area is 181 Å². The molecule has 0 N–H and O–H groups in total. The lowest BCUT2D eigenvalue weighted by Gasteiger charge is -2.02. The fourth-order valence-electron chi connectivity index (χ4n) is 2.38. The molecule has 0 fully saturated rings. The minimum atomic E-state index is -0.436. The fraction of sp³-hybridized carbons (Fsp3) is 0.154. The SMILES string of the molecule is CCCOc1ccc(C=O)cc1.COc1ccc(C#Cc2ccc(C#N)cc2)cc1F. The molecule has 0 heterocycles. The number of hydrogen-bond acceptors (Lipinski definition) is 4. The maximum absolute atomic E-state index is 13.4. The van der Waals surface area contributed by atoms with Gasteiger partial charge in [-0.3, -0.25) is 4.79 Å². The van der Waals surface area contributed by atoms with Crippen molar-refractivity contribution in [3.8, 4) is 29.4 Å². The van der Waals surface area contributed by atoms with Crippen LogP contribution in [0.1, 0.15) is 40.4 Å². The smallest absolute Gasteiger partial charge is 0.166 e. The zero-order chi connectivity index (χ0) is 22.5. The van der Waals surface area contributed by atoms with Gasteiger partial charge in [0.05, 0.1) is 25.3 Å². The maximum Gasteiger partial charge on any atom is 0.166 e. The van der Waals surface area contributed by atoms with Crippen molar-refractivity contribution >= 4 is 6.29 Å². The topological polar surface area (TPSA) is 59.3 Å². The molecule has 3 aromatic rings. The van der Waals surface area contributed by atoms with Crippen molar-refractivity contribution in [2.75, 3.05) is 13.7 Å². The van der Waals surface area contributed by atoms with Crippen LogP contribution < -0.4 is 9.47 Å². The van der Waals surface area contributed by atoms with Gasteiger partial charge in [-0.15, -0.1) is 0 Å². The number of hydrogen-bond donors (Lipinski definition) is 0. The van der Waals surface area contributed by atoms with Crippen LogP contribution in [0.25, 0.3) is 0 Å². The molecule has 0 aromatic heterocycles. The summed E-state index contributed by atoms with van der Waals surface area (Å²) in [4.78, 5) is 10.3. The van der Waals surface area contributed by atoms with Crippen molar-refractivity contribution in [1.29, 1.82) is 5.26 Å². The van der Waals surface area contributed by atoms with E-state index in [1.165, 1.54) is 19.2 Å². The fourth-order valence-corrected chi connectivity index (χ4v) is 2.38. The molecule has 0 spiro atoms. The third-order valence-corrected chi connectivity index (χ3v) is 4.01. The van der Waals surface area contributed by atoms with E-state index in [0.29, 0.717) is 16.7 Å². The number of ether oxygens (including phenoxy) is 2. The van der Waals surface area contributed by atoms with Crippen molar-refractivity contribution in [2.24, 2.45) is 0 Å². The number of methoxy groups -OCH3 is 1. The van der Waals surface area contributed by atoms with Gasteiger partial charge in [0.1, 0.15) is 12.0 Å². The summed E-state index contributed by atoms with van der Waals surface area (Å²) in [6.07, 6.45) is 1.82. The standard InChI is InChI=1S/C16H10FNO.C10H12O2/c1-19-16-9-8-13(10-15(16)17)5-2-12-3-6-14(11-18)7-4-12;1-2-7-12-10-5-3-9(8-11)4-6-10/h3-4,6-10H,1H3;3-6,8H,2,7H2,1H3. The Morgan fingerprint density at radius 1 is 0.935 bits per heavy atom. The van der Waals surface area contributed by atoms with Crippen molar-refractivity contribution in [3.63, 3.8) is 0 Å². The second-order valence-electron chi connectivity index (χ2n) is 6.32. The molecular formula is C26H22FNO3. The number of nitrogens with zero attached hydrogens (tertiary/aromatic N) is 1. The predicted octanol–water partition coefficient (Wildman–Crippen LogP) is 5.39. The van der Waals surface area contributed by atoms with Gasteiger partial charge in [0.15, 0.2) is 11.6 Å². The van der Waals surface area contributed by atoms with E-state index in [2.05, 4.69) is 18.8 Å². The number of aldehydes is 1. The van der Waals surface area contributed by atoms with Crippen LogP contribution >= 0.6 is 0 Å². The molecule has 0 aliphatic rings. The first-order chi connectivity index (χ1) is 15.1. The molecule has 0 radical (unpaired) electrons. The van der Waals surface area contributed by atoms with Crippen molar-refractivity contribution in [2.45, 2.75) is 13.3 Å². The van der Waals surface area contributed by atoms with Gasteiger partial charge in [0.25, 0.3) is 0 Å². The Kier molecular flexibility index (Phi) is 9.33. The summed E-state index contributed by atoms with van der Waals surface area (Å²) in [6.45, 7) is 2.78. The maximum atomic E-state index is 13.4. The summed E-state index contributed by atoms with van der Waals surface area (Å²) in [5.74, 6) is 6.36. The lowest BCUT2D eigenvalue weighted by Crippen LogP contribution is -1.94.